The molecule has 1 aromatic carbocycles. The molecule has 1 aliphatic heterocycles. The summed E-state index contributed by atoms with van der Waals surface area (Å²) < 4.78 is 13.0. The Labute approximate surface area is 149 Å². The van der Waals surface area contributed by atoms with E-state index in [1.807, 2.05) is 0 Å². The Bertz CT molecular complexity index is 741. The Balaban J connectivity index is 1.56. The summed E-state index contributed by atoms with van der Waals surface area (Å²) in [6.45, 7) is 2.92. The van der Waals surface area contributed by atoms with Crippen LogP contribution in [-0.2, 0) is 4.79 Å². The number of carbonyl (C=O) groups is 2. The van der Waals surface area contributed by atoms with Gasteiger partial charge in [0.05, 0.1) is 10.9 Å². The maximum atomic E-state index is 13.0. The van der Waals surface area contributed by atoms with Crippen LogP contribution in [0.2, 0.25) is 5.02 Å². The number of hydrogen-bond acceptors (Lipinski definition) is 4. The highest BCUT2D eigenvalue weighted by Gasteiger charge is 2.26. The molecular weight excluding hydrogens is 347 g/mol. The molecule has 0 aliphatic carbocycles. The van der Waals surface area contributed by atoms with Gasteiger partial charge in [0.1, 0.15) is 12.1 Å². The molecule has 3 rings (SSSR count). The zero-order chi connectivity index (χ0) is 17.8. The van der Waals surface area contributed by atoms with Crippen molar-refractivity contribution in [3.63, 3.8) is 0 Å². The lowest BCUT2D eigenvalue weighted by Crippen LogP contribution is -2.49. The van der Waals surface area contributed by atoms with Crippen LogP contribution in [0, 0.1) is 5.82 Å². The maximum Gasteiger partial charge on any atom is 0.275 e. The van der Waals surface area contributed by atoms with Crippen molar-refractivity contribution in [2.45, 2.75) is 5.92 Å². The number of amides is 1. The summed E-state index contributed by atoms with van der Waals surface area (Å²) in [5.74, 6) is -0.836. The van der Waals surface area contributed by atoms with Gasteiger partial charge in [-0.2, -0.15) is 5.10 Å². The fraction of sp³-hybridized carbons (Fsp3) is 0.353. The number of benzene rings is 1. The molecule has 1 aromatic heterocycles. The number of aldehydes is 1. The molecular formula is C17H18ClFN4O2. The van der Waals surface area contributed by atoms with Gasteiger partial charge in [-0.1, -0.05) is 23.7 Å². The highest BCUT2D eigenvalue weighted by molar-refractivity contribution is 6.33. The van der Waals surface area contributed by atoms with Gasteiger partial charge in [0.2, 0.25) is 0 Å². The first-order valence-electron chi connectivity index (χ1n) is 8.00. The molecule has 8 heteroatoms. The van der Waals surface area contributed by atoms with Crippen LogP contribution in [0.25, 0.3) is 0 Å². The monoisotopic (exact) mass is 364 g/mol. The Morgan fingerprint density at radius 1 is 1.28 bits per heavy atom. The van der Waals surface area contributed by atoms with Crippen molar-refractivity contribution in [3.8, 4) is 0 Å². The lowest BCUT2D eigenvalue weighted by molar-refractivity contribution is -0.109. The van der Waals surface area contributed by atoms with Crippen molar-refractivity contribution < 1.29 is 14.0 Å². The Morgan fingerprint density at radius 2 is 1.96 bits per heavy atom. The minimum atomic E-state index is -0.322. The Hall–Kier alpha value is -2.25. The van der Waals surface area contributed by atoms with Crippen molar-refractivity contribution in [3.05, 3.63) is 52.6 Å². The van der Waals surface area contributed by atoms with Gasteiger partial charge < -0.3 is 9.69 Å². The summed E-state index contributed by atoms with van der Waals surface area (Å²) >= 11 is 5.93. The van der Waals surface area contributed by atoms with Crippen LogP contribution < -0.4 is 0 Å². The minimum Gasteiger partial charge on any atom is -0.335 e. The second kappa shape index (κ2) is 7.76. The smallest absolute Gasteiger partial charge is 0.275 e. The van der Waals surface area contributed by atoms with Crippen molar-refractivity contribution >= 4 is 23.8 Å². The first-order chi connectivity index (χ1) is 12.1. The molecule has 6 nitrogen and oxygen atoms in total. The molecule has 0 saturated carbocycles. The number of nitrogens with one attached hydrogen (secondary N) is 1. The van der Waals surface area contributed by atoms with Crippen LogP contribution in [-0.4, -0.2) is 64.9 Å². The molecule has 0 bridgehead atoms. The van der Waals surface area contributed by atoms with Crippen LogP contribution in [0.1, 0.15) is 22.0 Å². The molecule has 0 spiro atoms. The molecule has 1 amide bonds. The first kappa shape index (κ1) is 17.6. The number of carbonyl (C=O) groups excluding carboxylic acids is 2. The van der Waals surface area contributed by atoms with Crippen molar-refractivity contribution in [2.24, 2.45) is 0 Å². The van der Waals surface area contributed by atoms with Crippen LogP contribution in [0.3, 0.4) is 0 Å². The number of rotatable bonds is 5. The van der Waals surface area contributed by atoms with Gasteiger partial charge >= 0.3 is 0 Å². The first-order valence-corrected chi connectivity index (χ1v) is 8.38. The van der Waals surface area contributed by atoms with E-state index in [0.717, 1.165) is 11.8 Å². The maximum absolute atomic E-state index is 13.0. The fourth-order valence-electron chi connectivity index (χ4n) is 2.92. The average molecular weight is 365 g/mol. The number of aromatic amines is 1. The van der Waals surface area contributed by atoms with E-state index < -0.39 is 0 Å². The summed E-state index contributed by atoms with van der Waals surface area (Å²) in [4.78, 5) is 27.6. The van der Waals surface area contributed by atoms with Gasteiger partial charge in [0, 0.05) is 38.9 Å². The van der Waals surface area contributed by atoms with Gasteiger partial charge in [-0.25, -0.2) is 4.39 Å². The number of aromatic nitrogens is 2. The molecule has 1 atom stereocenters. The standard InChI is InChI=1S/C17H18ClFN4O2/c18-15-9-20-21-16(15)17(25)23-7-5-22(6-8-23)10-13(11-24)12-1-3-14(19)4-2-12/h1-4,9,11,13H,5-8,10H2,(H,20,21). The molecule has 25 heavy (non-hydrogen) atoms. The number of nitrogens with zero attached hydrogens (tertiary/aromatic N) is 3. The van der Waals surface area contributed by atoms with Gasteiger partial charge in [0.15, 0.2) is 5.69 Å². The van der Waals surface area contributed by atoms with E-state index >= 15 is 0 Å². The number of H-pyrrole nitrogens is 1. The van der Waals surface area contributed by atoms with Gasteiger partial charge in [0.25, 0.3) is 5.91 Å². The third-order valence-electron chi connectivity index (χ3n) is 4.37. The minimum absolute atomic E-state index is 0.198. The summed E-state index contributed by atoms with van der Waals surface area (Å²) in [7, 11) is 0. The summed E-state index contributed by atoms with van der Waals surface area (Å²) in [6, 6.07) is 5.98. The largest absolute Gasteiger partial charge is 0.335 e. The van der Waals surface area contributed by atoms with E-state index in [1.165, 1.54) is 18.3 Å². The third kappa shape index (κ3) is 4.05. The van der Waals surface area contributed by atoms with E-state index in [4.69, 9.17) is 11.6 Å². The van der Waals surface area contributed by atoms with E-state index in [0.29, 0.717) is 37.7 Å². The van der Waals surface area contributed by atoms with Crippen LogP contribution in [0.15, 0.2) is 30.5 Å². The predicted molar refractivity (Wildman–Crippen MR) is 91.1 cm³/mol. The SMILES string of the molecule is O=CC(CN1CCN(C(=O)c2n[nH]cc2Cl)CC1)c1ccc(F)cc1. The molecule has 1 aliphatic rings. The Kier molecular flexibility index (Phi) is 5.45. The highest BCUT2D eigenvalue weighted by Crippen LogP contribution is 2.18. The van der Waals surface area contributed by atoms with Gasteiger partial charge in [-0.05, 0) is 17.7 Å². The number of hydrogen-bond donors (Lipinski definition) is 1. The predicted octanol–water partition coefficient (Wildman–Crippen LogP) is 1.94. The van der Waals surface area contributed by atoms with Crippen LogP contribution in [0.5, 0.6) is 0 Å². The molecule has 2 heterocycles. The average Bonchev–Trinajstić information content (AvgIpc) is 3.06. The molecule has 132 valence electrons. The van der Waals surface area contributed by atoms with Crippen LogP contribution in [0.4, 0.5) is 4.39 Å². The van der Waals surface area contributed by atoms with E-state index in [9.17, 15) is 14.0 Å². The summed E-state index contributed by atoms with van der Waals surface area (Å²) in [6.07, 6.45) is 2.36. The van der Waals surface area contributed by atoms with Crippen molar-refractivity contribution in [1.29, 1.82) is 0 Å². The second-order valence-electron chi connectivity index (χ2n) is 5.97. The van der Waals surface area contributed by atoms with E-state index in [-0.39, 0.29) is 23.3 Å². The van der Waals surface area contributed by atoms with Crippen molar-refractivity contribution in [2.75, 3.05) is 32.7 Å². The zero-order valence-corrected chi connectivity index (χ0v) is 14.2. The lowest BCUT2D eigenvalue weighted by atomic mass is 9.99. The molecule has 0 radical (unpaired) electrons. The Morgan fingerprint density at radius 3 is 2.52 bits per heavy atom. The van der Waals surface area contributed by atoms with Gasteiger partial charge in [-0.3, -0.25) is 14.8 Å². The van der Waals surface area contributed by atoms with Gasteiger partial charge in [-0.15, -0.1) is 0 Å². The number of piperazine rings is 1. The zero-order valence-electron chi connectivity index (χ0n) is 13.5. The number of halogens is 2. The van der Waals surface area contributed by atoms with E-state index in [2.05, 4.69) is 15.1 Å². The third-order valence-corrected chi connectivity index (χ3v) is 4.66. The lowest BCUT2D eigenvalue weighted by Gasteiger charge is -2.35. The normalized spacial score (nSPS) is 16.6. The summed E-state index contributed by atoms with van der Waals surface area (Å²) in [5, 5.41) is 6.77. The highest BCUT2D eigenvalue weighted by atomic mass is 35.5. The van der Waals surface area contributed by atoms with Crippen molar-refractivity contribution in [1.82, 2.24) is 20.0 Å². The molecule has 1 unspecified atom stereocenters. The summed E-state index contributed by atoms with van der Waals surface area (Å²) in [5.41, 5.74) is 1.02. The molecule has 1 N–H and O–H groups in total. The van der Waals surface area contributed by atoms with E-state index in [1.54, 1.807) is 17.0 Å². The second-order valence-corrected chi connectivity index (χ2v) is 6.38. The fourth-order valence-corrected chi connectivity index (χ4v) is 3.10. The topological polar surface area (TPSA) is 69.3 Å². The van der Waals surface area contributed by atoms with Crippen LogP contribution >= 0.6 is 11.6 Å². The molecule has 2 aromatic rings. The molecule has 1 fully saturated rings. The quantitative estimate of drug-likeness (QED) is 0.823. The molecule has 1 saturated heterocycles.